The van der Waals surface area contributed by atoms with E-state index in [0.29, 0.717) is 41.5 Å². The van der Waals surface area contributed by atoms with Crippen molar-refractivity contribution in [3.05, 3.63) is 190 Å². The van der Waals surface area contributed by atoms with E-state index in [-0.39, 0.29) is 27.6 Å². The normalized spacial score (nSPS) is 28.8. The van der Waals surface area contributed by atoms with Gasteiger partial charge in [-0.3, -0.25) is 23.6 Å². The summed E-state index contributed by atoms with van der Waals surface area (Å²) in [5, 5.41) is 6.00. The van der Waals surface area contributed by atoms with Crippen molar-refractivity contribution in [3.8, 4) is 0 Å². The number of piperidine rings is 5. The maximum absolute atomic E-state index is 12.6. The summed E-state index contributed by atoms with van der Waals surface area (Å²) in [7, 11) is -3.61. The number of nitrogens with one attached hydrogen (secondary N) is 1. The van der Waals surface area contributed by atoms with Crippen molar-refractivity contribution in [1.82, 2.24) is 39.6 Å². The molecule has 14 aliphatic rings. The molecule has 0 spiro atoms. The number of thiol groups is 1. The lowest BCUT2D eigenvalue weighted by Gasteiger charge is -2.48. The highest BCUT2D eigenvalue weighted by molar-refractivity contribution is 14.1. The number of aryl methyl sites for hydroxylation is 1. The average Bonchev–Trinajstić information content (AvgIpc) is 1.74. The Hall–Kier alpha value is -4.06. The predicted molar refractivity (Wildman–Crippen MR) is 520 cm³/mol. The van der Waals surface area contributed by atoms with E-state index in [1.807, 2.05) is 18.7 Å². The first-order chi connectivity index (χ1) is 60.2. The molecule has 6 aromatic rings. The van der Waals surface area contributed by atoms with E-state index in [9.17, 15) is 18.0 Å². The third kappa shape index (κ3) is 27.1. The van der Waals surface area contributed by atoms with E-state index in [1.165, 1.54) is 230 Å². The summed E-state index contributed by atoms with van der Waals surface area (Å²) in [6.45, 7) is 24.1. The van der Waals surface area contributed by atoms with Gasteiger partial charge in [-0.2, -0.15) is 21.0 Å². The molecule has 0 aromatic heterocycles. The fourth-order valence-corrected chi connectivity index (χ4v) is 27.3. The maximum atomic E-state index is 12.6. The van der Waals surface area contributed by atoms with E-state index >= 15 is 0 Å². The van der Waals surface area contributed by atoms with Gasteiger partial charge in [0.05, 0.1) is 48.2 Å². The van der Waals surface area contributed by atoms with Crippen LogP contribution in [0.4, 0.5) is 5.69 Å². The molecule has 2 amide bonds. The summed E-state index contributed by atoms with van der Waals surface area (Å²) in [4.78, 5) is 46.8. The van der Waals surface area contributed by atoms with Gasteiger partial charge in [-0.1, -0.05) is 141 Å². The highest BCUT2D eigenvalue weighted by atomic mass is 127. The van der Waals surface area contributed by atoms with E-state index in [2.05, 4.69) is 243 Å². The summed E-state index contributed by atoms with van der Waals surface area (Å²) in [5.41, 5.74) is 6.26. The molecule has 5 saturated carbocycles. The van der Waals surface area contributed by atoms with E-state index in [1.54, 1.807) is 24.3 Å². The molecule has 0 unspecified atom stereocenters. The molecule has 20 rings (SSSR count). The second kappa shape index (κ2) is 47.7. The van der Waals surface area contributed by atoms with Crippen LogP contribution in [0.3, 0.4) is 0 Å². The zero-order valence-electron chi connectivity index (χ0n) is 73.6. The number of likely N-dealkylation sites (tertiary alicyclic amines) is 5. The second-order valence-corrected chi connectivity index (χ2v) is 45.1. The summed E-state index contributed by atoms with van der Waals surface area (Å²) >= 11 is 13.1. The van der Waals surface area contributed by atoms with Crippen LogP contribution in [-0.2, 0) is 38.1 Å². The van der Waals surface area contributed by atoms with Gasteiger partial charge in [0.25, 0.3) is 10.1 Å². The van der Waals surface area contributed by atoms with Gasteiger partial charge in [-0.05, 0) is 314 Å². The van der Waals surface area contributed by atoms with Crippen LogP contribution in [0.2, 0.25) is 0 Å². The van der Waals surface area contributed by atoms with Crippen LogP contribution in [-0.4, -0.2) is 255 Å². The summed E-state index contributed by atoms with van der Waals surface area (Å²) in [5.74, 6) is 0.482. The number of hydrogen-bond donors (Lipinski definition) is 2. The van der Waals surface area contributed by atoms with Gasteiger partial charge in [0.2, 0.25) is 11.8 Å². The molecule has 6 aromatic carbocycles. The summed E-state index contributed by atoms with van der Waals surface area (Å²) in [6, 6.07) is 62.6. The third-order valence-electron chi connectivity index (χ3n) is 28.5. The number of hydrogen-bond acceptors (Lipinski definition) is 18. The quantitative estimate of drug-likeness (QED) is 0.0289. The van der Waals surface area contributed by atoms with E-state index in [0.717, 1.165) is 150 Å². The van der Waals surface area contributed by atoms with Crippen LogP contribution < -0.4 is 10.2 Å². The molecular weight excluding hydrogens is 1740 g/mol. The Bertz CT molecular complexity index is 4100. The molecule has 16 nitrogen and oxygen atoms in total. The Morgan fingerprint density at radius 3 is 1.22 bits per heavy atom. The number of ether oxygens (including phenoxy) is 2. The van der Waals surface area contributed by atoms with E-state index < -0.39 is 10.1 Å². The molecule has 5 aliphatic carbocycles. The molecule has 14 fully saturated rings. The Labute approximate surface area is 770 Å². The van der Waals surface area contributed by atoms with Gasteiger partial charge in [0, 0.05) is 128 Å². The van der Waals surface area contributed by atoms with Crippen LogP contribution >= 0.6 is 70.5 Å². The number of carbonyl (C=O) groups excluding carboxylic acids is 2. The van der Waals surface area contributed by atoms with E-state index in [4.69, 9.17) is 13.7 Å². The average molecular weight is 1880 g/mol. The Balaban J connectivity index is 0.000000118. The fourth-order valence-electron chi connectivity index (χ4n) is 20.7. The topological polar surface area (TPSA) is 134 Å². The lowest BCUT2D eigenvalue weighted by molar-refractivity contribution is -0.119. The highest BCUT2D eigenvalue weighted by Crippen LogP contribution is 2.55. The number of rotatable bonds is 22. The van der Waals surface area contributed by atoms with Crippen molar-refractivity contribution in [2.24, 2.45) is 0 Å². The van der Waals surface area contributed by atoms with Gasteiger partial charge in [0.1, 0.15) is 0 Å². The van der Waals surface area contributed by atoms with Crippen molar-refractivity contribution in [3.63, 3.8) is 0 Å². The fraction of sp³-hybridized carbons (Fsp3) is 0.624. The Morgan fingerprint density at radius 2 is 0.821 bits per heavy atom. The SMILES string of the molecule is Cc1ccc(S(=O)(=O)OC2CC(N3CCCCC3)C2)cc1.Ic1ccc(SC2CC(N3CCCCC3)C2)cc1.O=C1CC[C@@H](CN2CCOCC2)N1.O=C1CC[C@@H](CN2CCOCC2)N1c1ccc(SC2CC(N3CCCCC3)C2)cc1.SC1CC(N2CCCCC2)C1.c1ccc(C(SC2CC(N3CCCCC3)C2)(c2ccccc2)c2ccccc2)cc1. The van der Waals surface area contributed by atoms with Crippen molar-refractivity contribution in [1.29, 1.82) is 0 Å². The van der Waals surface area contributed by atoms with Crippen LogP contribution in [0.1, 0.15) is 208 Å². The molecule has 0 bridgehead atoms. The number of nitrogens with zero attached hydrogens (tertiary/aromatic N) is 8. The van der Waals surface area contributed by atoms with Crippen LogP contribution in [0.5, 0.6) is 0 Å². The summed E-state index contributed by atoms with van der Waals surface area (Å²) < 4.78 is 41.6. The highest BCUT2D eigenvalue weighted by Gasteiger charge is 2.46. The number of morpholine rings is 2. The molecule has 22 heteroatoms. The van der Waals surface area contributed by atoms with Crippen molar-refractivity contribution in [2.75, 3.05) is 136 Å². The molecule has 0 radical (unpaired) electrons. The van der Waals surface area contributed by atoms with Gasteiger partial charge in [-0.25, -0.2) is 0 Å². The van der Waals surface area contributed by atoms with Gasteiger partial charge in [0.15, 0.2) is 0 Å². The second-order valence-electron chi connectivity index (χ2n) is 37.3. The van der Waals surface area contributed by atoms with Gasteiger partial charge >= 0.3 is 0 Å². The minimum absolute atomic E-state index is 0.150. The van der Waals surface area contributed by atoms with Crippen LogP contribution in [0.15, 0.2) is 178 Å². The number of carbonyl (C=O) groups is 2. The predicted octanol–water partition coefficient (Wildman–Crippen LogP) is 19.0. The molecule has 9 heterocycles. The number of thioether (sulfide) groups is 3. The molecule has 1 N–H and O–H groups in total. The molecule has 9 aliphatic heterocycles. The lowest BCUT2D eigenvalue weighted by Crippen LogP contribution is -2.50. The third-order valence-corrected chi connectivity index (χ3v) is 35.3. The monoisotopic (exact) mass is 1880 g/mol. The van der Waals surface area contributed by atoms with Gasteiger partial charge < -0.3 is 44.2 Å². The minimum atomic E-state index is -3.61. The standard InChI is InChI=1S/C28H31NS.C24H35N3O2S.C16H23NO3S.C15H20INS.C9H16N2O2.C9H17NS/c1-5-13-23(14-6-1)28(24-15-7-2-8-16-24,25-17-9-3-10-18-25)30-27-21-26(22-27)29-19-11-4-12-20-29;28-24-9-6-20(18-25-12-14-29-15-13-25)27(24)19-4-7-22(8-5-19)30-23-16-21(17-23)26-10-2-1-3-11-26;1-13-5-7-16(8-6-13)21(18,19)20-15-11-14(12-15)17-9-3-2-4-10-17;16-12-4-6-14(7-5-12)18-15-10-13(11-15)17-8-2-1-3-9-17;12-9-2-1-8(10-9)7-11-3-5-13-6-4-11;11-9-6-8(7-9)10-4-2-1-3-5-10/h1-3,5-10,13-18,26-27H,4,11-12,19-22H2;4-5,7-8,20-21,23H,1-3,6,9-18H2;5-8,14-15H,2-4,9-12H2,1H3;4-7,13,15H,1-3,8-11H2;8H,1-7H2,(H,10,12);8-9,11H,1-7H2/t;20-,21?,23?;;;8-;/m.0..0./s1. The minimum Gasteiger partial charge on any atom is -0.379 e. The molecule has 670 valence electrons. The molecular formula is C101H142IN9O7S5. The number of halogens is 1. The molecule has 123 heavy (non-hydrogen) atoms. The summed E-state index contributed by atoms with van der Waals surface area (Å²) in [6.07, 6.45) is 36.5. The Morgan fingerprint density at radius 1 is 0.439 bits per heavy atom. The van der Waals surface area contributed by atoms with Crippen LogP contribution in [0.25, 0.3) is 0 Å². The van der Waals surface area contributed by atoms with Gasteiger partial charge in [-0.15, -0.1) is 35.3 Å². The maximum Gasteiger partial charge on any atom is 0.297 e. The van der Waals surface area contributed by atoms with Crippen molar-refractivity contribution >= 4 is 98.1 Å². The number of anilines is 1. The Kier molecular flexibility index (Phi) is 36.3. The lowest BCUT2D eigenvalue weighted by atomic mass is 9.84. The number of benzene rings is 6. The van der Waals surface area contributed by atoms with Crippen molar-refractivity contribution < 1.29 is 31.7 Å². The zero-order valence-corrected chi connectivity index (χ0v) is 79.9. The van der Waals surface area contributed by atoms with Crippen molar-refractivity contribution in [2.45, 2.75) is 282 Å². The van der Waals surface area contributed by atoms with Crippen LogP contribution in [0, 0.1) is 10.5 Å². The zero-order chi connectivity index (χ0) is 84.6. The molecule has 9 saturated heterocycles. The molecule has 2 atom stereocenters. The smallest absolute Gasteiger partial charge is 0.297 e. The number of amides is 2. The first-order valence-electron chi connectivity index (χ1n) is 47.8. The largest absolute Gasteiger partial charge is 0.379 e. The first-order valence-corrected chi connectivity index (χ1v) is 53.5. The first kappa shape index (κ1) is 93.6.